The minimum Gasteiger partial charge on any atom is -0.446 e. The lowest BCUT2D eigenvalue weighted by Gasteiger charge is -2.52. The summed E-state index contributed by atoms with van der Waals surface area (Å²) in [6, 6.07) is 0. The van der Waals surface area contributed by atoms with Crippen LogP contribution in [-0.2, 0) is 4.74 Å². The highest BCUT2D eigenvalue weighted by Crippen LogP contribution is 2.63. The highest BCUT2D eigenvalue weighted by Gasteiger charge is 2.55. The molecule has 0 heterocycles. The number of fused-ring (bicyclic) bond motifs is 1. The number of rotatable bonds is 8. The first-order valence-corrected chi connectivity index (χ1v) is 15.3. The van der Waals surface area contributed by atoms with E-state index in [0.29, 0.717) is 11.3 Å². The van der Waals surface area contributed by atoms with E-state index in [-0.39, 0.29) is 12.2 Å². The summed E-state index contributed by atoms with van der Waals surface area (Å²) >= 11 is 0. The van der Waals surface area contributed by atoms with Crippen LogP contribution in [0, 0.1) is 46.8 Å². The van der Waals surface area contributed by atoms with Gasteiger partial charge in [0.1, 0.15) is 6.10 Å². The molecule has 0 aliphatic heterocycles. The number of amides is 1. The van der Waals surface area contributed by atoms with Crippen molar-refractivity contribution in [2.75, 3.05) is 7.05 Å². The third-order valence-electron chi connectivity index (χ3n) is 10.7. The molecule has 0 aromatic heterocycles. The Labute approximate surface area is 217 Å². The predicted octanol–water partition coefficient (Wildman–Crippen LogP) is 9.17. The van der Waals surface area contributed by atoms with Crippen molar-refractivity contribution in [1.82, 2.24) is 5.32 Å². The number of hydrogen-bond acceptors (Lipinski definition) is 2. The predicted molar refractivity (Wildman–Crippen MR) is 148 cm³/mol. The molecule has 0 saturated heterocycles. The molecule has 3 rings (SSSR count). The Morgan fingerprint density at radius 1 is 1.09 bits per heavy atom. The molecule has 0 aromatic carbocycles. The summed E-state index contributed by atoms with van der Waals surface area (Å²) in [5.74, 6) is 5.66. The lowest BCUT2D eigenvalue weighted by atomic mass is 9.53. The molecule has 1 amide bonds. The van der Waals surface area contributed by atoms with Crippen molar-refractivity contribution < 1.29 is 9.53 Å². The van der Waals surface area contributed by atoms with E-state index in [4.69, 9.17) is 4.74 Å². The fraction of sp³-hybridized carbons (Fsp3) is 0.906. The van der Waals surface area contributed by atoms with Crippen LogP contribution in [0.3, 0.4) is 0 Å². The Hall–Kier alpha value is -0.990. The van der Waals surface area contributed by atoms with Gasteiger partial charge in [-0.2, -0.15) is 0 Å². The molecule has 0 aromatic rings. The van der Waals surface area contributed by atoms with Crippen LogP contribution in [0.5, 0.6) is 0 Å². The number of alkyl carbamates (subject to hydrolysis) is 1. The third-order valence-corrected chi connectivity index (χ3v) is 10.7. The quantitative estimate of drug-likeness (QED) is 0.346. The van der Waals surface area contributed by atoms with Crippen LogP contribution < -0.4 is 5.32 Å². The van der Waals surface area contributed by atoms with Gasteiger partial charge in [0, 0.05) is 13.5 Å². The number of carbonyl (C=O) groups is 1. The molecule has 0 radical (unpaired) electrons. The highest BCUT2D eigenvalue weighted by atomic mass is 16.6. The molecule has 3 aliphatic rings. The fourth-order valence-electron chi connectivity index (χ4n) is 8.92. The van der Waals surface area contributed by atoms with Gasteiger partial charge >= 0.3 is 6.09 Å². The molecular weight excluding hydrogens is 430 g/mol. The van der Waals surface area contributed by atoms with Gasteiger partial charge in [-0.05, 0) is 91.8 Å². The topological polar surface area (TPSA) is 38.3 Å². The number of hydrogen-bond donors (Lipinski definition) is 1. The van der Waals surface area contributed by atoms with Gasteiger partial charge in [0.25, 0.3) is 0 Å². The van der Waals surface area contributed by atoms with E-state index >= 15 is 0 Å². The fourth-order valence-corrected chi connectivity index (χ4v) is 8.92. The average Bonchev–Trinajstić information content (AvgIpc) is 3.20. The summed E-state index contributed by atoms with van der Waals surface area (Å²) in [6.07, 6.45) is 17.6. The van der Waals surface area contributed by atoms with Gasteiger partial charge in [0.05, 0.1) is 0 Å². The van der Waals surface area contributed by atoms with Crippen molar-refractivity contribution in [2.45, 2.75) is 131 Å². The Bertz CT molecular complexity index is 687. The normalized spacial score (nSPS) is 37.2. The van der Waals surface area contributed by atoms with Gasteiger partial charge in [-0.3, -0.25) is 0 Å². The SMILES string of the molecule is C=C1CC(OC(=O)NC)CCCCCC1C1CC[C@@]2(C)C(CC[C@@H]2C(C)CCCC(C)C)C1CC. The molecule has 202 valence electrons. The van der Waals surface area contributed by atoms with Gasteiger partial charge in [-0.15, -0.1) is 0 Å². The van der Waals surface area contributed by atoms with E-state index in [2.05, 4.69) is 46.5 Å². The van der Waals surface area contributed by atoms with Crippen molar-refractivity contribution in [3.63, 3.8) is 0 Å². The minimum atomic E-state index is -0.294. The summed E-state index contributed by atoms with van der Waals surface area (Å²) in [6.45, 7) is 17.1. The van der Waals surface area contributed by atoms with E-state index in [1.54, 1.807) is 7.05 Å². The van der Waals surface area contributed by atoms with Crippen molar-refractivity contribution in [3.8, 4) is 0 Å². The van der Waals surface area contributed by atoms with Crippen LogP contribution in [0.1, 0.15) is 125 Å². The lowest BCUT2D eigenvalue weighted by Crippen LogP contribution is -2.45. The first kappa shape index (κ1) is 28.6. The van der Waals surface area contributed by atoms with Crippen LogP contribution in [0.25, 0.3) is 0 Å². The second kappa shape index (κ2) is 13.0. The summed E-state index contributed by atoms with van der Waals surface area (Å²) in [4.78, 5) is 11.9. The molecule has 0 bridgehead atoms. The van der Waals surface area contributed by atoms with Crippen LogP contribution >= 0.6 is 0 Å². The maximum atomic E-state index is 11.9. The molecule has 0 spiro atoms. The zero-order chi connectivity index (χ0) is 25.6. The summed E-state index contributed by atoms with van der Waals surface area (Å²) in [5, 5.41) is 2.64. The molecule has 3 heteroatoms. The molecule has 1 N–H and O–H groups in total. The standard InChI is InChI=1S/C32H57NO2/c1-8-26-28(27-16-11-9-10-15-25(21-24(27)5)35-31(34)33-7)19-20-32(6)29(17-18-30(26)32)23(4)14-12-13-22(2)3/h22-23,25-30H,5,8-21H2,1-4,6-7H3,(H,33,34)/t23?,25?,26?,27?,28?,29-,30?,32-/m1/s1. The number of nitrogens with one attached hydrogen (secondary N) is 1. The van der Waals surface area contributed by atoms with Gasteiger partial charge < -0.3 is 10.1 Å². The van der Waals surface area contributed by atoms with Crippen LogP contribution in [0.4, 0.5) is 4.79 Å². The molecule has 3 saturated carbocycles. The lowest BCUT2D eigenvalue weighted by molar-refractivity contribution is -0.0217. The van der Waals surface area contributed by atoms with E-state index in [0.717, 1.165) is 54.8 Å². The Morgan fingerprint density at radius 2 is 1.83 bits per heavy atom. The zero-order valence-electron chi connectivity index (χ0n) is 24.0. The molecule has 8 atom stereocenters. The largest absolute Gasteiger partial charge is 0.446 e. The van der Waals surface area contributed by atoms with E-state index in [9.17, 15) is 4.79 Å². The van der Waals surface area contributed by atoms with E-state index < -0.39 is 0 Å². The molecule has 35 heavy (non-hydrogen) atoms. The average molecular weight is 488 g/mol. The number of carbonyl (C=O) groups excluding carboxylic acids is 1. The van der Waals surface area contributed by atoms with Gasteiger partial charge in [0.15, 0.2) is 0 Å². The molecule has 3 nitrogen and oxygen atoms in total. The Balaban J connectivity index is 1.71. The first-order valence-electron chi connectivity index (χ1n) is 15.3. The smallest absolute Gasteiger partial charge is 0.407 e. The van der Waals surface area contributed by atoms with Crippen LogP contribution in [0.2, 0.25) is 0 Å². The second-order valence-corrected chi connectivity index (χ2v) is 13.3. The van der Waals surface area contributed by atoms with Crippen molar-refractivity contribution in [3.05, 3.63) is 12.2 Å². The maximum absolute atomic E-state index is 11.9. The molecule has 3 fully saturated rings. The monoisotopic (exact) mass is 487 g/mol. The summed E-state index contributed by atoms with van der Waals surface area (Å²) < 4.78 is 5.75. The van der Waals surface area contributed by atoms with E-state index in [1.165, 1.54) is 76.2 Å². The van der Waals surface area contributed by atoms with Crippen LogP contribution in [0.15, 0.2) is 12.2 Å². The maximum Gasteiger partial charge on any atom is 0.407 e. The Kier molecular flexibility index (Phi) is 10.6. The highest BCUT2D eigenvalue weighted by molar-refractivity contribution is 5.66. The van der Waals surface area contributed by atoms with Gasteiger partial charge in [-0.1, -0.05) is 85.3 Å². The Morgan fingerprint density at radius 3 is 2.51 bits per heavy atom. The first-order chi connectivity index (χ1) is 16.7. The summed E-state index contributed by atoms with van der Waals surface area (Å²) in [5.41, 5.74) is 1.89. The van der Waals surface area contributed by atoms with Crippen molar-refractivity contribution in [2.24, 2.45) is 46.8 Å². The molecular formula is C32H57NO2. The minimum absolute atomic E-state index is 0.0143. The van der Waals surface area contributed by atoms with Gasteiger partial charge in [0.2, 0.25) is 0 Å². The summed E-state index contributed by atoms with van der Waals surface area (Å²) in [7, 11) is 1.65. The van der Waals surface area contributed by atoms with E-state index in [1.807, 2.05) is 0 Å². The van der Waals surface area contributed by atoms with Crippen molar-refractivity contribution in [1.29, 1.82) is 0 Å². The molecule has 3 aliphatic carbocycles. The second-order valence-electron chi connectivity index (χ2n) is 13.3. The van der Waals surface area contributed by atoms with Crippen molar-refractivity contribution >= 4 is 6.09 Å². The zero-order valence-corrected chi connectivity index (χ0v) is 24.0. The van der Waals surface area contributed by atoms with Crippen LogP contribution in [-0.4, -0.2) is 19.2 Å². The third kappa shape index (κ3) is 6.86. The molecule has 6 unspecified atom stereocenters. The number of ether oxygens (including phenoxy) is 1. The van der Waals surface area contributed by atoms with Gasteiger partial charge in [-0.25, -0.2) is 4.79 Å².